The highest BCUT2D eigenvalue weighted by Gasteiger charge is 2.23. The highest BCUT2D eigenvalue weighted by atomic mass is 32.1. The summed E-state index contributed by atoms with van der Waals surface area (Å²) in [5.41, 5.74) is 2.36. The van der Waals surface area contributed by atoms with Gasteiger partial charge in [0.25, 0.3) is 0 Å². The number of nitrogens with one attached hydrogen (secondary N) is 1. The van der Waals surface area contributed by atoms with Gasteiger partial charge in [0.15, 0.2) is 5.82 Å². The minimum Gasteiger partial charge on any atom is -0.381 e. The molecule has 142 valence electrons. The molecule has 0 unspecified atom stereocenters. The van der Waals surface area contributed by atoms with Crippen LogP contribution < -0.4 is 5.32 Å². The molecule has 2 atom stereocenters. The van der Waals surface area contributed by atoms with Crippen molar-refractivity contribution in [3.63, 3.8) is 0 Å². The lowest BCUT2D eigenvalue weighted by atomic mass is 9.95. The van der Waals surface area contributed by atoms with Gasteiger partial charge in [-0.05, 0) is 25.3 Å². The summed E-state index contributed by atoms with van der Waals surface area (Å²) in [6.07, 6.45) is 2.31. The number of thiophene rings is 1. The molecular weight excluding hydrogens is 358 g/mol. The topological polar surface area (TPSA) is 56.3 Å². The van der Waals surface area contributed by atoms with E-state index in [1.54, 1.807) is 18.4 Å². The standard InChI is InChI=1S/C21H25N3O2S/c1-14(16-9-6-10-26-11-16)22-20-19-17(15-7-4-3-5-8-15)13-27-21(19)24-18(23-20)12-25-2/h3-5,7-8,13-14,16H,6,9-12H2,1-2H3,(H,22,23,24)/t14-,16-/m0/s1. The molecule has 3 heterocycles. The van der Waals surface area contributed by atoms with E-state index in [4.69, 9.17) is 19.4 Å². The van der Waals surface area contributed by atoms with Crippen LogP contribution in [0, 0.1) is 5.92 Å². The van der Waals surface area contributed by atoms with E-state index in [9.17, 15) is 0 Å². The van der Waals surface area contributed by atoms with Crippen molar-refractivity contribution in [1.29, 1.82) is 0 Å². The third kappa shape index (κ3) is 3.98. The minimum absolute atomic E-state index is 0.280. The Labute approximate surface area is 163 Å². The van der Waals surface area contributed by atoms with Crippen LogP contribution in [0.4, 0.5) is 5.82 Å². The summed E-state index contributed by atoms with van der Waals surface area (Å²) in [6, 6.07) is 10.7. The monoisotopic (exact) mass is 383 g/mol. The molecule has 0 spiro atoms. The van der Waals surface area contributed by atoms with Crippen molar-refractivity contribution in [2.45, 2.75) is 32.4 Å². The van der Waals surface area contributed by atoms with Gasteiger partial charge in [-0.3, -0.25) is 0 Å². The fraction of sp³-hybridized carbons (Fsp3) is 0.429. The molecule has 1 fully saturated rings. The maximum atomic E-state index is 5.68. The number of methoxy groups -OCH3 is 1. The van der Waals surface area contributed by atoms with Gasteiger partial charge in [0.05, 0.1) is 12.0 Å². The summed E-state index contributed by atoms with van der Waals surface area (Å²) >= 11 is 1.65. The maximum absolute atomic E-state index is 5.68. The molecular formula is C21H25N3O2S. The van der Waals surface area contributed by atoms with E-state index in [1.807, 2.05) is 6.07 Å². The predicted octanol–water partition coefficient (Wildman–Crippen LogP) is 4.73. The Bertz CT molecular complexity index is 891. The number of ether oxygens (including phenoxy) is 2. The number of rotatable bonds is 6. The lowest BCUT2D eigenvalue weighted by molar-refractivity contribution is 0.0496. The molecule has 1 N–H and O–H groups in total. The van der Waals surface area contributed by atoms with Crippen LogP contribution in [0.5, 0.6) is 0 Å². The van der Waals surface area contributed by atoms with Gasteiger partial charge >= 0.3 is 0 Å². The molecule has 0 radical (unpaired) electrons. The van der Waals surface area contributed by atoms with Gasteiger partial charge in [-0.15, -0.1) is 11.3 Å². The number of hydrogen-bond acceptors (Lipinski definition) is 6. The van der Waals surface area contributed by atoms with Crippen molar-refractivity contribution in [3.8, 4) is 11.1 Å². The van der Waals surface area contributed by atoms with Crippen LogP contribution >= 0.6 is 11.3 Å². The van der Waals surface area contributed by atoms with Crippen molar-refractivity contribution in [1.82, 2.24) is 9.97 Å². The van der Waals surface area contributed by atoms with Crippen molar-refractivity contribution in [2.75, 3.05) is 25.6 Å². The van der Waals surface area contributed by atoms with E-state index >= 15 is 0 Å². The zero-order valence-electron chi connectivity index (χ0n) is 15.8. The van der Waals surface area contributed by atoms with Crippen LogP contribution in [0.25, 0.3) is 21.3 Å². The zero-order valence-corrected chi connectivity index (χ0v) is 16.6. The molecule has 0 saturated carbocycles. The molecule has 4 rings (SSSR count). The summed E-state index contributed by atoms with van der Waals surface area (Å²) in [7, 11) is 1.67. The summed E-state index contributed by atoms with van der Waals surface area (Å²) in [6.45, 7) is 4.31. The number of fused-ring (bicyclic) bond motifs is 1. The first-order valence-corrected chi connectivity index (χ1v) is 10.3. The van der Waals surface area contributed by atoms with Crippen molar-refractivity contribution in [2.24, 2.45) is 5.92 Å². The second-order valence-corrected chi connectivity index (χ2v) is 7.89. The Morgan fingerprint density at radius 3 is 2.89 bits per heavy atom. The van der Waals surface area contributed by atoms with Crippen molar-refractivity contribution < 1.29 is 9.47 Å². The molecule has 1 aliphatic rings. The van der Waals surface area contributed by atoms with Crippen LogP contribution in [0.1, 0.15) is 25.6 Å². The molecule has 0 amide bonds. The number of benzene rings is 1. The van der Waals surface area contributed by atoms with Crippen molar-refractivity contribution in [3.05, 3.63) is 41.5 Å². The average Bonchev–Trinajstić information content (AvgIpc) is 3.14. The first kappa shape index (κ1) is 18.3. The predicted molar refractivity (Wildman–Crippen MR) is 110 cm³/mol. The quantitative estimate of drug-likeness (QED) is 0.667. The van der Waals surface area contributed by atoms with E-state index in [-0.39, 0.29) is 6.04 Å². The number of nitrogens with zero attached hydrogens (tertiary/aromatic N) is 2. The van der Waals surface area contributed by atoms with E-state index in [1.165, 1.54) is 17.5 Å². The lowest BCUT2D eigenvalue weighted by Gasteiger charge is -2.29. The largest absolute Gasteiger partial charge is 0.381 e. The minimum atomic E-state index is 0.280. The molecule has 0 aliphatic carbocycles. The number of aromatic nitrogens is 2. The van der Waals surface area contributed by atoms with Crippen LogP contribution in [0.3, 0.4) is 0 Å². The second kappa shape index (κ2) is 8.33. The fourth-order valence-corrected chi connectivity index (χ4v) is 4.57. The highest BCUT2D eigenvalue weighted by Crippen LogP contribution is 2.37. The first-order valence-electron chi connectivity index (χ1n) is 9.43. The maximum Gasteiger partial charge on any atom is 0.158 e. The van der Waals surface area contributed by atoms with Gasteiger partial charge in [-0.25, -0.2) is 9.97 Å². The van der Waals surface area contributed by atoms with Crippen LogP contribution in [-0.2, 0) is 16.1 Å². The van der Waals surface area contributed by atoms with Gasteiger partial charge in [-0.1, -0.05) is 30.3 Å². The Balaban J connectivity index is 1.74. The Kier molecular flexibility index (Phi) is 5.66. The lowest BCUT2D eigenvalue weighted by Crippen LogP contribution is -2.33. The molecule has 3 aromatic rings. The van der Waals surface area contributed by atoms with Gasteiger partial charge < -0.3 is 14.8 Å². The molecule has 2 aromatic heterocycles. The van der Waals surface area contributed by atoms with E-state index < -0.39 is 0 Å². The van der Waals surface area contributed by atoms with Gasteiger partial charge in [-0.2, -0.15) is 0 Å². The SMILES string of the molecule is COCc1nc(N[C@@H](C)[C@H]2CCCOC2)c2c(-c3ccccc3)csc2n1. The second-order valence-electron chi connectivity index (χ2n) is 7.03. The molecule has 6 heteroatoms. The molecule has 1 aliphatic heterocycles. The fourth-order valence-electron chi connectivity index (χ4n) is 3.61. The Hall–Kier alpha value is -2.02. The third-order valence-corrected chi connectivity index (χ3v) is 5.98. The summed E-state index contributed by atoms with van der Waals surface area (Å²) in [5, 5.41) is 6.93. The van der Waals surface area contributed by atoms with Crippen LogP contribution in [-0.4, -0.2) is 36.3 Å². The van der Waals surface area contributed by atoms with Crippen molar-refractivity contribution >= 4 is 27.4 Å². The third-order valence-electron chi connectivity index (χ3n) is 5.11. The van der Waals surface area contributed by atoms with E-state index in [0.717, 1.165) is 35.7 Å². The van der Waals surface area contributed by atoms with E-state index in [0.29, 0.717) is 18.3 Å². The van der Waals surface area contributed by atoms with Gasteiger partial charge in [0.2, 0.25) is 0 Å². The van der Waals surface area contributed by atoms with Gasteiger partial charge in [0, 0.05) is 36.6 Å². The normalized spacial score (nSPS) is 18.5. The van der Waals surface area contributed by atoms with Crippen LogP contribution in [0.15, 0.2) is 35.7 Å². The van der Waals surface area contributed by atoms with E-state index in [2.05, 4.69) is 41.9 Å². The zero-order chi connectivity index (χ0) is 18.6. The molecule has 1 saturated heterocycles. The molecule has 27 heavy (non-hydrogen) atoms. The average molecular weight is 384 g/mol. The molecule has 5 nitrogen and oxygen atoms in total. The highest BCUT2D eigenvalue weighted by molar-refractivity contribution is 7.17. The molecule has 1 aromatic carbocycles. The summed E-state index contributed by atoms with van der Waals surface area (Å²) in [4.78, 5) is 10.5. The Morgan fingerprint density at radius 1 is 1.30 bits per heavy atom. The van der Waals surface area contributed by atoms with Gasteiger partial charge in [0.1, 0.15) is 17.3 Å². The summed E-state index contributed by atoms with van der Waals surface area (Å²) < 4.78 is 11.0. The smallest absolute Gasteiger partial charge is 0.158 e. The number of anilines is 1. The Morgan fingerprint density at radius 2 is 2.15 bits per heavy atom. The molecule has 0 bridgehead atoms. The van der Waals surface area contributed by atoms with Crippen LogP contribution in [0.2, 0.25) is 0 Å². The summed E-state index contributed by atoms with van der Waals surface area (Å²) in [5.74, 6) is 2.10. The number of hydrogen-bond donors (Lipinski definition) is 1. The first-order chi connectivity index (χ1) is 13.3.